The zero-order valence-electron chi connectivity index (χ0n) is 15.4. The van der Waals surface area contributed by atoms with Crippen LogP contribution in [0.2, 0.25) is 0 Å². The third kappa shape index (κ3) is 3.22. The predicted octanol–water partition coefficient (Wildman–Crippen LogP) is 3.35. The highest BCUT2D eigenvalue weighted by Crippen LogP contribution is 2.48. The highest BCUT2D eigenvalue weighted by Gasteiger charge is 2.49. The number of anilines is 1. The van der Waals surface area contributed by atoms with Crippen molar-refractivity contribution in [2.45, 2.75) is 43.4 Å². The van der Waals surface area contributed by atoms with Gasteiger partial charge in [-0.25, -0.2) is 4.79 Å². The van der Waals surface area contributed by atoms with Crippen LogP contribution in [0, 0.1) is 0 Å². The lowest BCUT2D eigenvalue weighted by atomic mass is 9.69. The summed E-state index contributed by atoms with van der Waals surface area (Å²) in [6.45, 7) is 0. The minimum atomic E-state index is -4.52. The molecule has 1 aliphatic carbocycles. The van der Waals surface area contributed by atoms with Crippen LogP contribution in [0.4, 0.5) is 18.9 Å². The zero-order chi connectivity index (χ0) is 21.0. The molecule has 7 nitrogen and oxygen atoms in total. The molecule has 29 heavy (non-hydrogen) atoms. The molecule has 2 aromatic rings. The van der Waals surface area contributed by atoms with E-state index in [1.54, 1.807) is 6.07 Å². The maximum absolute atomic E-state index is 12.9. The summed E-state index contributed by atoms with van der Waals surface area (Å²) in [5.41, 5.74) is -0.393. The fourth-order valence-electron chi connectivity index (χ4n) is 4.18. The number of carbonyl (C=O) groups excluding carboxylic acids is 1. The molecule has 1 spiro atoms. The van der Waals surface area contributed by atoms with E-state index in [0.29, 0.717) is 36.9 Å². The molecule has 4 rings (SSSR count). The predicted molar refractivity (Wildman–Crippen MR) is 94.8 cm³/mol. The van der Waals surface area contributed by atoms with Crippen LogP contribution in [-0.2, 0) is 23.4 Å². The zero-order valence-corrected chi connectivity index (χ0v) is 15.4. The van der Waals surface area contributed by atoms with Crippen molar-refractivity contribution < 1.29 is 32.6 Å². The fourth-order valence-corrected chi connectivity index (χ4v) is 4.18. The van der Waals surface area contributed by atoms with Gasteiger partial charge in [0.1, 0.15) is 11.8 Å². The van der Waals surface area contributed by atoms with Crippen LogP contribution >= 0.6 is 0 Å². The van der Waals surface area contributed by atoms with Gasteiger partial charge in [0.2, 0.25) is 11.8 Å². The number of nitrogens with one attached hydrogen (secondary N) is 1. The van der Waals surface area contributed by atoms with Crippen molar-refractivity contribution in [3.05, 3.63) is 41.1 Å². The van der Waals surface area contributed by atoms with E-state index in [2.05, 4.69) is 10.4 Å². The Labute approximate surface area is 163 Å². The van der Waals surface area contributed by atoms with Crippen molar-refractivity contribution in [3.8, 4) is 5.88 Å². The Bertz CT molecular complexity index is 991. The highest BCUT2D eigenvalue weighted by atomic mass is 19.4. The van der Waals surface area contributed by atoms with Gasteiger partial charge in [-0.1, -0.05) is 0 Å². The number of nitrogens with zero attached hydrogens (tertiary/aromatic N) is 2. The van der Waals surface area contributed by atoms with Gasteiger partial charge < -0.3 is 15.2 Å². The molecular weight excluding hydrogens is 391 g/mol. The van der Waals surface area contributed by atoms with Crippen molar-refractivity contribution in [1.82, 2.24) is 9.78 Å². The normalized spacial score (nSPS) is 23.7. The molecule has 1 aromatic heterocycles. The molecule has 1 aliphatic heterocycles. The van der Waals surface area contributed by atoms with Crippen LogP contribution in [0.5, 0.6) is 5.88 Å². The number of aromatic nitrogens is 2. The number of aryl methyl sites for hydroxylation is 1. The molecule has 1 saturated carbocycles. The van der Waals surface area contributed by atoms with Crippen LogP contribution in [0.3, 0.4) is 0 Å². The van der Waals surface area contributed by atoms with Gasteiger partial charge >= 0.3 is 12.1 Å². The van der Waals surface area contributed by atoms with Crippen LogP contribution in [0.25, 0.3) is 0 Å². The third-order valence-corrected chi connectivity index (χ3v) is 5.69. The summed E-state index contributed by atoms with van der Waals surface area (Å²) in [6, 6.07) is 5.40. The van der Waals surface area contributed by atoms with E-state index < -0.39 is 23.3 Å². The number of hydrogen-bond acceptors (Lipinski definition) is 4. The summed E-state index contributed by atoms with van der Waals surface area (Å²) in [6.07, 6.45) is -3.23. The van der Waals surface area contributed by atoms with E-state index in [0.717, 1.165) is 10.7 Å². The van der Waals surface area contributed by atoms with E-state index >= 15 is 0 Å². The van der Waals surface area contributed by atoms with Gasteiger partial charge in [-0.2, -0.15) is 13.2 Å². The Morgan fingerprint density at radius 3 is 2.59 bits per heavy atom. The van der Waals surface area contributed by atoms with E-state index in [1.165, 1.54) is 19.2 Å². The number of benzene rings is 1. The Morgan fingerprint density at radius 2 is 2.00 bits per heavy atom. The standard InChI is InChI=1S/C19H18F3N3O4/c1-25-14(19(20,21)22)9-15(24-25)29-11-4-6-18(7-5-11)12-8-10(16(26)27)2-3-13(12)23-17(18)28/h2-3,8-9,11H,4-7H2,1H3,(H,23,28)(H,26,27)/t11-,18-. The molecule has 0 atom stereocenters. The maximum atomic E-state index is 12.9. The molecule has 0 unspecified atom stereocenters. The number of amides is 1. The van der Waals surface area contributed by atoms with Crippen LogP contribution in [-0.4, -0.2) is 32.9 Å². The summed E-state index contributed by atoms with van der Waals surface area (Å²) < 4.78 is 45.1. The first-order valence-corrected chi connectivity index (χ1v) is 9.07. The molecule has 10 heteroatoms. The van der Waals surface area contributed by atoms with Crippen LogP contribution in [0.15, 0.2) is 24.3 Å². The second kappa shape index (κ2) is 6.50. The van der Waals surface area contributed by atoms with Crippen LogP contribution < -0.4 is 10.1 Å². The van der Waals surface area contributed by atoms with Gasteiger partial charge in [0.25, 0.3) is 0 Å². The number of carboxylic acids is 1. The number of alkyl halides is 3. The minimum Gasteiger partial charge on any atom is -0.478 e. The minimum absolute atomic E-state index is 0.103. The molecule has 2 aliphatic rings. The number of carbonyl (C=O) groups is 2. The number of hydrogen-bond donors (Lipinski definition) is 2. The van der Waals surface area contributed by atoms with Gasteiger partial charge in [0, 0.05) is 18.8 Å². The molecule has 0 bridgehead atoms. The SMILES string of the molecule is Cn1nc(O[C@H]2CC[C@@]3(CC2)C(=O)Nc2ccc(C(=O)O)cc23)cc1C(F)(F)F. The monoisotopic (exact) mass is 409 g/mol. The van der Waals surface area contributed by atoms with E-state index in [-0.39, 0.29) is 23.5 Å². The number of halogens is 3. The second-order valence-electron chi connectivity index (χ2n) is 7.41. The molecule has 1 aromatic carbocycles. The summed E-state index contributed by atoms with van der Waals surface area (Å²) in [7, 11) is 1.20. The number of ether oxygens (including phenoxy) is 1. The average molecular weight is 409 g/mol. The maximum Gasteiger partial charge on any atom is 0.433 e. The van der Waals surface area contributed by atoms with E-state index in [9.17, 15) is 27.9 Å². The van der Waals surface area contributed by atoms with Gasteiger partial charge in [0.05, 0.1) is 11.0 Å². The lowest BCUT2D eigenvalue weighted by Crippen LogP contribution is -2.41. The average Bonchev–Trinajstić information content (AvgIpc) is 3.14. The third-order valence-electron chi connectivity index (χ3n) is 5.69. The van der Waals surface area contributed by atoms with E-state index in [4.69, 9.17) is 4.74 Å². The lowest BCUT2D eigenvalue weighted by Gasteiger charge is -2.35. The molecule has 0 radical (unpaired) electrons. The largest absolute Gasteiger partial charge is 0.478 e. The highest BCUT2D eigenvalue weighted by molar-refractivity contribution is 6.07. The van der Waals surface area contributed by atoms with Crippen molar-refractivity contribution >= 4 is 17.6 Å². The molecule has 2 heterocycles. The number of aromatic carboxylic acids is 1. The smallest absolute Gasteiger partial charge is 0.433 e. The van der Waals surface area contributed by atoms with Gasteiger partial charge in [-0.15, -0.1) is 5.10 Å². The molecule has 1 amide bonds. The van der Waals surface area contributed by atoms with Crippen molar-refractivity contribution in [1.29, 1.82) is 0 Å². The van der Waals surface area contributed by atoms with Gasteiger partial charge in [-0.05, 0) is 49.4 Å². The first kappa shape index (κ1) is 19.3. The molecule has 0 saturated heterocycles. The quantitative estimate of drug-likeness (QED) is 0.811. The lowest BCUT2D eigenvalue weighted by molar-refractivity contribution is -0.143. The summed E-state index contributed by atoms with van der Waals surface area (Å²) in [5, 5.41) is 15.8. The molecule has 2 N–H and O–H groups in total. The van der Waals surface area contributed by atoms with Gasteiger partial charge in [-0.3, -0.25) is 9.48 Å². The summed E-state index contributed by atoms with van der Waals surface area (Å²) in [5.74, 6) is -1.37. The van der Waals surface area contributed by atoms with Crippen LogP contribution in [0.1, 0.15) is 47.3 Å². The molecule has 1 fully saturated rings. The van der Waals surface area contributed by atoms with Crippen molar-refractivity contribution in [2.24, 2.45) is 7.05 Å². The summed E-state index contributed by atoms with van der Waals surface area (Å²) >= 11 is 0. The Morgan fingerprint density at radius 1 is 1.31 bits per heavy atom. The molecular formula is C19H18F3N3O4. The topological polar surface area (TPSA) is 93.5 Å². The number of fused-ring (bicyclic) bond motifs is 2. The summed E-state index contributed by atoms with van der Waals surface area (Å²) in [4.78, 5) is 24.0. The Hall–Kier alpha value is -3.04. The first-order valence-electron chi connectivity index (χ1n) is 9.07. The van der Waals surface area contributed by atoms with Crippen molar-refractivity contribution in [3.63, 3.8) is 0 Å². The first-order chi connectivity index (χ1) is 13.6. The number of carboxylic acid groups (broad SMARTS) is 1. The number of rotatable bonds is 3. The fraction of sp³-hybridized carbons (Fsp3) is 0.421. The second-order valence-corrected chi connectivity index (χ2v) is 7.41. The van der Waals surface area contributed by atoms with Crippen molar-refractivity contribution in [2.75, 3.05) is 5.32 Å². The van der Waals surface area contributed by atoms with E-state index in [1.807, 2.05) is 0 Å². The molecule has 154 valence electrons. The van der Waals surface area contributed by atoms with Gasteiger partial charge in [0.15, 0.2) is 0 Å². The Kier molecular flexibility index (Phi) is 4.32. The Balaban J connectivity index is 1.51.